The molecule has 152 valence electrons. The van der Waals surface area contributed by atoms with Crippen LogP contribution in [0.25, 0.3) is 0 Å². The van der Waals surface area contributed by atoms with Crippen LogP contribution in [0.15, 0.2) is 72.8 Å². The molecule has 2 rings (SSSR count). The van der Waals surface area contributed by atoms with Crippen LogP contribution in [0, 0.1) is 0 Å². The minimum absolute atomic E-state index is 0.251. The molecule has 4 heteroatoms. The molecular formula is C24H30F3N. The van der Waals surface area contributed by atoms with E-state index in [0.717, 1.165) is 43.2 Å². The topological polar surface area (TPSA) is 3.24 Å². The maximum atomic E-state index is 12.9. The van der Waals surface area contributed by atoms with Crippen LogP contribution in [0.2, 0.25) is 0 Å². The van der Waals surface area contributed by atoms with Gasteiger partial charge in [0, 0.05) is 25.2 Å². The largest absolute Gasteiger partial charge is 0.409 e. The van der Waals surface area contributed by atoms with Gasteiger partial charge in [-0.3, -0.25) is 4.90 Å². The fourth-order valence-corrected chi connectivity index (χ4v) is 3.33. The maximum Gasteiger partial charge on any atom is 0.409 e. The van der Waals surface area contributed by atoms with Gasteiger partial charge in [0.25, 0.3) is 0 Å². The first-order valence-electron chi connectivity index (χ1n) is 10.1. The van der Waals surface area contributed by atoms with Crippen molar-refractivity contribution in [2.45, 2.75) is 64.3 Å². The van der Waals surface area contributed by atoms with Gasteiger partial charge in [-0.2, -0.15) is 13.2 Å². The molecule has 0 saturated heterocycles. The molecule has 0 amide bonds. The van der Waals surface area contributed by atoms with E-state index < -0.39 is 6.18 Å². The molecule has 0 fully saturated rings. The zero-order valence-electron chi connectivity index (χ0n) is 16.5. The number of hydrogen-bond donors (Lipinski definition) is 0. The number of unbranched alkanes of at least 4 members (excludes halogenated alkanes) is 3. The van der Waals surface area contributed by atoms with Crippen LogP contribution in [0.4, 0.5) is 13.2 Å². The van der Waals surface area contributed by atoms with Crippen LogP contribution < -0.4 is 0 Å². The molecule has 0 heterocycles. The maximum absolute atomic E-state index is 12.9. The number of halogens is 3. The quantitative estimate of drug-likeness (QED) is 0.291. The van der Waals surface area contributed by atoms with E-state index in [4.69, 9.17) is 0 Å². The Hall–Kier alpha value is -2.07. The summed E-state index contributed by atoms with van der Waals surface area (Å²) in [5, 5.41) is 0. The third-order valence-corrected chi connectivity index (χ3v) is 4.79. The second kappa shape index (κ2) is 11.7. The summed E-state index contributed by atoms with van der Waals surface area (Å²) in [6.45, 7) is 3.38. The molecule has 2 aromatic rings. The molecule has 1 unspecified atom stereocenters. The van der Waals surface area contributed by atoms with Gasteiger partial charge >= 0.3 is 6.18 Å². The summed E-state index contributed by atoms with van der Waals surface area (Å²) in [4.78, 5) is 2.15. The summed E-state index contributed by atoms with van der Waals surface area (Å²) in [6, 6.07) is 19.6. The fourth-order valence-electron chi connectivity index (χ4n) is 3.33. The first kappa shape index (κ1) is 22.2. The lowest BCUT2D eigenvalue weighted by atomic mass is 10.0. The molecule has 1 nitrogen and oxygen atoms in total. The molecule has 0 aliphatic carbocycles. The Morgan fingerprint density at radius 3 is 1.82 bits per heavy atom. The van der Waals surface area contributed by atoms with Gasteiger partial charge in [-0.1, -0.05) is 99.3 Å². The Balaban J connectivity index is 2.21. The molecule has 0 radical (unpaired) electrons. The lowest BCUT2D eigenvalue weighted by molar-refractivity contribution is -0.0804. The average Bonchev–Trinajstić information content (AvgIpc) is 2.68. The molecule has 1 atom stereocenters. The normalized spacial score (nSPS) is 13.3. The van der Waals surface area contributed by atoms with Gasteiger partial charge in [-0.05, 0) is 17.5 Å². The molecule has 0 spiro atoms. The van der Waals surface area contributed by atoms with Crippen molar-refractivity contribution >= 4 is 0 Å². The van der Waals surface area contributed by atoms with Crippen LogP contribution in [-0.2, 0) is 13.1 Å². The average molecular weight is 390 g/mol. The van der Waals surface area contributed by atoms with Gasteiger partial charge in [0.05, 0.1) is 0 Å². The van der Waals surface area contributed by atoms with Gasteiger partial charge in [0.1, 0.15) is 0 Å². The van der Waals surface area contributed by atoms with E-state index in [9.17, 15) is 13.2 Å². The Bertz CT molecular complexity index is 639. The van der Waals surface area contributed by atoms with E-state index in [0.29, 0.717) is 19.2 Å². The molecule has 0 N–H and O–H groups in total. The number of benzene rings is 2. The third-order valence-electron chi connectivity index (χ3n) is 4.79. The number of alkyl halides is 3. The van der Waals surface area contributed by atoms with Gasteiger partial charge in [0.2, 0.25) is 0 Å². The Morgan fingerprint density at radius 1 is 0.821 bits per heavy atom. The van der Waals surface area contributed by atoms with Crippen LogP contribution in [0.1, 0.15) is 50.2 Å². The second-order valence-electron chi connectivity index (χ2n) is 7.19. The highest BCUT2D eigenvalue weighted by molar-refractivity contribution is 5.18. The lowest BCUT2D eigenvalue weighted by Crippen LogP contribution is -2.33. The summed E-state index contributed by atoms with van der Waals surface area (Å²) in [7, 11) is 0. The number of allylic oxidation sites excluding steroid dienone is 1. The zero-order chi connectivity index (χ0) is 20.2. The molecule has 2 aromatic carbocycles. The van der Waals surface area contributed by atoms with Crippen molar-refractivity contribution in [3.05, 3.63) is 83.9 Å². The van der Waals surface area contributed by atoms with E-state index in [2.05, 4.69) is 11.8 Å². The molecule has 28 heavy (non-hydrogen) atoms. The van der Waals surface area contributed by atoms with Crippen LogP contribution >= 0.6 is 0 Å². The van der Waals surface area contributed by atoms with Crippen molar-refractivity contribution in [2.24, 2.45) is 0 Å². The smallest absolute Gasteiger partial charge is 0.288 e. The molecule has 0 aromatic heterocycles. The first-order chi connectivity index (χ1) is 13.5. The summed E-state index contributed by atoms with van der Waals surface area (Å²) in [6.07, 6.45) is 2.41. The number of hydrogen-bond acceptors (Lipinski definition) is 1. The molecular weight excluding hydrogens is 359 g/mol. The molecule has 0 aliphatic heterocycles. The fraction of sp³-hybridized carbons (Fsp3) is 0.417. The standard InChI is InChI=1S/C24H30F3N/c1-2-3-4-11-16-23(17-18-24(25,26)27)28(19-21-12-7-5-8-13-21)20-22-14-9-6-10-15-22/h5-10,12-15,17-18,23H,2-4,11,16,19-20H2,1H3/b18-17+. The highest BCUT2D eigenvalue weighted by Crippen LogP contribution is 2.22. The molecule has 0 aliphatic rings. The zero-order valence-corrected chi connectivity index (χ0v) is 16.5. The number of rotatable bonds is 11. The monoisotopic (exact) mass is 389 g/mol. The van der Waals surface area contributed by atoms with Crippen LogP contribution in [-0.4, -0.2) is 17.1 Å². The SMILES string of the molecule is CCCCCCC(/C=C/C(F)(F)F)N(Cc1ccccc1)Cc1ccccc1. The highest BCUT2D eigenvalue weighted by Gasteiger charge is 2.24. The van der Waals surface area contributed by atoms with Gasteiger partial charge in [0.15, 0.2) is 0 Å². The van der Waals surface area contributed by atoms with Crippen LogP contribution in [0.5, 0.6) is 0 Å². The Labute approximate surface area is 166 Å². The second-order valence-corrected chi connectivity index (χ2v) is 7.19. The number of nitrogens with zero attached hydrogens (tertiary/aromatic N) is 1. The van der Waals surface area contributed by atoms with Crippen molar-refractivity contribution < 1.29 is 13.2 Å². The lowest BCUT2D eigenvalue weighted by Gasteiger charge is -2.30. The minimum Gasteiger partial charge on any atom is -0.288 e. The summed E-state index contributed by atoms with van der Waals surface area (Å²) >= 11 is 0. The van der Waals surface area contributed by atoms with E-state index in [1.54, 1.807) is 0 Å². The summed E-state index contributed by atoms with van der Waals surface area (Å²) < 4.78 is 38.6. The minimum atomic E-state index is -4.28. The predicted molar refractivity (Wildman–Crippen MR) is 110 cm³/mol. The van der Waals surface area contributed by atoms with Gasteiger partial charge in [-0.25, -0.2) is 0 Å². The van der Waals surface area contributed by atoms with E-state index in [1.807, 2.05) is 60.7 Å². The van der Waals surface area contributed by atoms with Crippen LogP contribution in [0.3, 0.4) is 0 Å². The summed E-state index contributed by atoms with van der Waals surface area (Å²) in [5.41, 5.74) is 2.22. The van der Waals surface area contributed by atoms with E-state index in [-0.39, 0.29) is 6.04 Å². The molecule has 0 bridgehead atoms. The van der Waals surface area contributed by atoms with Crippen molar-refractivity contribution in [3.63, 3.8) is 0 Å². The van der Waals surface area contributed by atoms with E-state index >= 15 is 0 Å². The van der Waals surface area contributed by atoms with Gasteiger partial charge < -0.3 is 0 Å². The molecule has 0 saturated carbocycles. The Morgan fingerprint density at radius 2 is 1.36 bits per heavy atom. The Kier molecular flexibility index (Phi) is 9.29. The van der Waals surface area contributed by atoms with Crippen molar-refractivity contribution in [2.75, 3.05) is 0 Å². The van der Waals surface area contributed by atoms with Crippen molar-refractivity contribution in [3.8, 4) is 0 Å². The first-order valence-corrected chi connectivity index (χ1v) is 10.1. The van der Waals surface area contributed by atoms with Crippen molar-refractivity contribution in [1.29, 1.82) is 0 Å². The third kappa shape index (κ3) is 8.75. The van der Waals surface area contributed by atoms with Gasteiger partial charge in [-0.15, -0.1) is 0 Å². The predicted octanol–water partition coefficient (Wildman–Crippen LogP) is 7.15. The van der Waals surface area contributed by atoms with Crippen molar-refractivity contribution in [1.82, 2.24) is 4.90 Å². The van der Waals surface area contributed by atoms with E-state index in [1.165, 1.54) is 6.08 Å². The highest BCUT2D eigenvalue weighted by atomic mass is 19.4. The summed E-state index contributed by atoms with van der Waals surface area (Å²) in [5.74, 6) is 0.